The van der Waals surface area contributed by atoms with Crippen LogP contribution in [0.3, 0.4) is 0 Å². The molecule has 11 rings (SSSR count). The minimum Gasteiger partial charge on any atom is -0.456 e. The summed E-state index contributed by atoms with van der Waals surface area (Å²) >= 11 is 0. The predicted molar refractivity (Wildman–Crippen MR) is 229 cm³/mol. The molecule has 0 spiro atoms. The van der Waals surface area contributed by atoms with Crippen LogP contribution in [-0.4, -0.2) is 19.5 Å². The Bertz CT molecular complexity index is 3180. The Morgan fingerprint density at radius 3 is 1.55 bits per heavy atom. The molecule has 5 heteroatoms. The fourth-order valence-corrected chi connectivity index (χ4v) is 7.92. The lowest BCUT2D eigenvalue weighted by atomic mass is 9.98. The van der Waals surface area contributed by atoms with Gasteiger partial charge in [-0.2, -0.15) is 0 Å². The van der Waals surface area contributed by atoms with Gasteiger partial charge in [-0.15, -0.1) is 0 Å². The van der Waals surface area contributed by atoms with Crippen LogP contribution in [0, 0.1) is 0 Å². The maximum absolute atomic E-state index is 6.54. The van der Waals surface area contributed by atoms with Crippen molar-refractivity contribution in [3.05, 3.63) is 194 Å². The monoisotopic (exact) mass is 716 g/mol. The van der Waals surface area contributed by atoms with Crippen LogP contribution in [-0.2, 0) is 0 Å². The van der Waals surface area contributed by atoms with Crippen molar-refractivity contribution < 1.29 is 4.42 Å². The van der Waals surface area contributed by atoms with E-state index in [0.717, 1.165) is 71.7 Å². The molecule has 0 aliphatic rings. The van der Waals surface area contributed by atoms with E-state index in [2.05, 4.69) is 138 Å². The molecule has 3 heterocycles. The molecule has 0 N–H and O–H groups in total. The molecule has 0 amide bonds. The number of rotatable bonds is 6. The summed E-state index contributed by atoms with van der Waals surface area (Å²) in [4.78, 5) is 14.9. The molecule has 0 atom stereocenters. The molecule has 0 aliphatic carbocycles. The van der Waals surface area contributed by atoms with Crippen molar-refractivity contribution in [2.45, 2.75) is 0 Å². The topological polar surface area (TPSA) is 56.7 Å². The number of hydrogen-bond donors (Lipinski definition) is 0. The van der Waals surface area contributed by atoms with E-state index in [4.69, 9.17) is 19.4 Å². The maximum Gasteiger partial charge on any atom is 0.164 e. The number of para-hydroxylation sites is 1. The SMILES string of the molecule is c1ccc(-c2cccc(-c3ccc4oc5cc(-n6c7ccccc7c7cc(-c8nc(-c9ccccc9)nc(-c9ccccc9)n8)ccc76)ccc5c4c3)c2)cc1. The van der Waals surface area contributed by atoms with E-state index in [9.17, 15) is 0 Å². The van der Waals surface area contributed by atoms with Gasteiger partial charge in [-0.1, -0.05) is 133 Å². The summed E-state index contributed by atoms with van der Waals surface area (Å²) in [5, 5.41) is 4.46. The van der Waals surface area contributed by atoms with E-state index < -0.39 is 0 Å². The van der Waals surface area contributed by atoms with Crippen LogP contribution in [0.15, 0.2) is 199 Å². The Labute approximate surface area is 322 Å². The van der Waals surface area contributed by atoms with Crippen molar-refractivity contribution in [2.75, 3.05) is 0 Å². The number of furan rings is 1. The van der Waals surface area contributed by atoms with Gasteiger partial charge in [0.15, 0.2) is 17.5 Å². The molecule has 0 saturated heterocycles. The Kier molecular flexibility index (Phi) is 7.42. The third-order valence-electron chi connectivity index (χ3n) is 10.6. The number of nitrogens with zero attached hydrogens (tertiary/aromatic N) is 4. The summed E-state index contributed by atoms with van der Waals surface area (Å²) < 4.78 is 8.85. The number of hydrogen-bond acceptors (Lipinski definition) is 4. The van der Waals surface area contributed by atoms with Crippen LogP contribution in [0.2, 0.25) is 0 Å². The van der Waals surface area contributed by atoms with Crippen LogP contribution < -0.4 is 0 Å². The van der Waals surface area contributed by atoms with Gasteiger partial charge in [0.05, 0.1) is 11.0 Å². The molecule has 0 aliphatic heterocycles. The molecule has 0 radical (unpaired) electrons. The average Bonchev–Trinajstić information content (AvgIpc) is 3.81. The first-order valence-corrected chi connectivity index (χ1v) is 18.8. The summed E-state index contributed by atoms with van der Waals surface area (Å²) in [5.74, 6) is 1.92. The second kappa shape index (κ2) is 13.0. The fourth-order valence-electron chi connectivity index (χ4n) is 7.92. The molecule has 0 fully saturated rings. The van der Waals surface area contributed by atoms with Gasteiger partial charge in [0.1, 0.15) is 11.2 Å². The van der Waals surface area contributed by atoms with Crippen LogP contribution in [0.1, 0.15) is 0 Å². The van der Waals surface area contributed by atoms with Gasteiger partial charge in [-0.25, -0.2) is 15.0 Å². The van der Waals surface area contributed by atoms with Gasteiger partial charge in [-0.3, -0.25) is 0 Å². The summed E-state index contributed by atoms with van der Waals surface area (Å²) in [6.07, 6.45) is 0. The van der Waals surface area contributed by atoms with Crippen molar-refractivity contribution in [1.82, 2.24) is 19.5 Å². The first-order chi connectivity index (χ1) is 27.7. The van der Waals surface area contributed by atoms with Gasteiger partial charge in [0.25, 0.3) is 0 Å². The van der Waals surface area contributed by atoms with E-state index in [1.165, 1.54) is 16.7 Å². The van der Waals surface area contributed by atoms with Gasteiger partial charge in [0, 0.05) is 50.0 Å². The Morgan fingerprint density at radius 1 is 0.304 bits per heavy atom. The zero-order chi connectivity index (χ0) is 37.0. The Morgan fingerprint density at radius 2 is 0.839 bits per heavy atom. The summed E-state index contributed by atoms with van der Waals surface area (Å²) in [6, 6.07) is 67.5. The summed E-state index contributed by atoms with van der Waals surface area (Å²) in [7, 11) is 0. The molecule has 0 unspecified atom stereocenters. The van der Waals surface area contributed by atoms with Gasteiger partial charge >= 0.3 is 0 Å². The highest BCUT2D eigenvalue weighted by Gasteiger charge is 2.18. The highest BCUT2D eigenvalue weighted by Crippen LogP contribution is 2.38. The third-order valence-corrected chi connectivity index (χ3v) is 10.6. The van der Waals surface area contributed by atoms with Gasteiger partial charge in [-0.05, 0) is 76.9 Å². The molecular weight excluding hydrogens is 685 g/mol. The van der Waals surface area contributed by atoms with Crippen molar-refractivity contribution >= 4 is 43.7 Å². The van der Waals surface area contributed by atoms with E-state index in [1.54, 1.807) is 0 Å². The largest absolute Gasteiger partial charge is 0.456 e. The van der Waals surface area contributed by atoms with Gasteiger partial charge < -0.3 is 8.98 Å². The number of benzene rings is 8. The molecule has 0 saturated carbocycles. The van der Waals surface area contributed by atoms with Crippen molar-refractivity contribution in [3.8, 4) is 62.1 Å². The second-order valence-corrected chi connectivity index (χ2v) is 14.1. The first-order valence-electron chi connectivity index (χ1n) is 18.8. The highest BCUT2D eigenvalue weighted by molar-refractivity contribution is 6.11. The highest BCUT2D eigenvalue weighted by atomic mass is 16.3. The normalized spacial score (nSPS) is 11.6. The molecule has 0 bridgehead atoms. The standard InChI is InChI=1S/C51H32N4O/c1-4-13-33(14-5-1)36-19-12-20-37(29-36)38-24-28-47-44(30-38)42-26-25-40(32-48(42)56-47)55-45-22-11-10-21-41(45)43-31-39(23-27-46(43)55)51-53-49(34-15-6-2-7-16-34)52-50(54-51)35-17-8-3-9-18-35/h1-32H. The number of fused-ring (bicyclic) bond motifs is 6. The van der Waals surface area contributed by atoms with Crippen molar-refractivity contribution in [3.63, 3.8) is 0 Å². The minimum absolute atomic E-state index is 0.631. The van der Waals surface area contributed by atoms with E-state index in [-0.39, 0.29) is 0 Å². The van der Waals surface area contributed by atoms with E-state index in [1.807, 2.05) is 60.7 Å². The van der Waals surface area contributed by atoms with Crippen molar-refractivity contribution in [1.29, 1.82) is 0 Å². The zero-order valence-corrected chi connectivity index (χ0v) is 30.2. The molecular formula is C51H32N4O. The molecule has 8 aromatic carbocycles. The van der Waals surface area contributed by atoms with Crippen LogP contribution in [0.25, 0.3) is 106 Å². The van der Waals surface area contributed by atoms with Crippen molar-refractivity contribution in [2.24, 2.45) is 0 Å². The summed E-state index contributed by atoms with van der Waals surface area (Å²) in [5.41, 5.74) is 12.5. The lowest BCUT2D eigenvalue weighted by Crippen LogP contribution is -2.00. The Balaban J connectivity index is 1.02. The molecule has 262 valence electrons. The molecule has 56 heavy (non-hydrogen) atoms. The quantitative estimate of drug-likeness (QED) is 0.172. The van der Waals surface area contributed by atoms with Crippen LogP contribution >= 0.6 is 0 Å². The summed E-state index contributed by atoms with van der Waals surface area (Å²) in [6.45, 7) is 0. The van der Waals surface area contributed by atoms with Crippen LogP contribution in [0.5, 0.6) is 0 Å². The second-order valence-electron chi connectivity index (χ2n) is 14.1. The average molecular weight is 717 g/mol. The molecule has 5 nitrogen and oxygen atoms in total. The molecule has 11 aromatic rings. The third kappa shape index (κ3) is 5.45. The zero-order valence-electron chi connectivity index (χ0n) is 30.2. The van der Waals surface area contributed by atoms with Gasteiger partial charge in [0.2, 0.25) is 0 Å². The Hall–Kier alpha value is -7.63. The molecule has 3 aromatic heterocycles. The lowest BCUT2D eigenvalue weighted by Gasteiger charge is -2.10. The number of aromatic nitrogens is 4. The van der Waals surface area contributed by atoms with Crippen LogP contribution in [0.4, 0.5) is 0 Å². The van der Waals surface area contributed by atoms with E-state index >= 15 is 0 Å². The lowest BCUT2D eigenvalue weighted by molar-refractivity contribution is 0.668. The van der Waals surface area contributed by atoms with E-state index in [0.29, 0.717) is 17.5 Å². The maximum atomic E-state index is 6.54. The predicted octanol–water partition coefficient (Wildman–Crippen LogP) is 13.2. The first kappa shape index (κ1) is 31.9. The fraction of sp³-hybridized carbons (Fsp3) is 0. The smallest absolute Gasteiger partial charge is 0.164 e. The minimum atomic E-state index is 0.631.